The van der Waals surface area contributed by atoms with Crippen LogP contribution in [0.5, 0.6) is 0 Å². The Morgan fingerprint density at radius 2 is 1.84 bits per heavy atom. The molecule has 1 aliphatic carbocycles. The van der Waals surface area contributed by atoms with Crippen molar-refractivity contribution in [2.45, 2.75) is 58.5 Å². The predicted octanol–water partition coefficient (Wildman–Crippen LogP) is 2.18. The first-order chi connectivity index (χ1) is 9.08. The lowest BCUT2D eigenvalue weighted by atomic mass is 9.81. The maximum Gasteiger partial charge on any atom is 0.0195 e. The van der Waals surface area contributed by atoms with Crippen LogP contribution in [-0.2, 0) is 0 Å². The van der Waals surface area contributed by atoms with Crippen LogP contribution < -0.4 is 5.32 Å². The number of likely N-dealkylation sites (N-methyl/N-ethyl adjacent to an activating group) is 1. The summed E-state index contributed by atoms with van der Waals surface area (Å²) in [5.41, 5.74) is 0.479. The highest BCUT2D eigenvalue weighted by Gasteiger charge is 2.34. The molecule has 1 atom stereocenters. The van der Waals surface area contributed by atoms with Gasteiger partial charge in [-0.2, -0.15) is 0 Å². The van der Waals surface area contributed by atoms with Crippen LogP contribution in [-0.4, -0.2) is 61.7 Å². The smallest absolute Gasteiger partial charge is 0.0195 e. The van der Waals surface area contributed by atoms with Gasteiger partial charge in [0.05, 0.1) is 0 Å². The summed E-state index contributed by atoms with van der Waals surface area (Å²) >= 11 is 0. The standard InChI is InChI=1S/C16H33N3/c1-5-16(6-2,12-17-15-7-8-15)13-19-10-9-18(4)11-14(19)3/h14-15,17H,5-13H2,1-4H3. The molecule has 1 aliphatic heterocycles. The second-order valence-corrected chi connectivity index (χ2v) is 6.94. The van der Waals surface area contributed by atoms with Gasteiger partial charge in [-0.3, -0.25) is 4.90 Å². The van der Waals surface area contributed by atoms with E-state index in [1.54, 1.807) is 0 Å². The summed E-state index contributed by atoms with van der Waals surface area (Å²) < 4.78 is 0. The lowest BCUT2D eigenvalue weighted by molar-refractivity contribution is 0.0494. The van der Waals surface area contributed by atoms with Gasteiger partial charge >= 0.3 is 0 Å². The Morgan fingerprint density at radius 1 is 1.16 bits per heavy atom. The molecular formula is C16H33N3. The van der Waals surface area contributed by atoms with E-state index in [2.05, 4.69) is 42.9 Å². The molecule has 0 aromatic carbocycles. The molecule has 112 valence electrons. The molecule has 3 heteroatoms. The molecule has 1 saturated heterocycles. The monoisotopic (exact) mass is 267 g/mol. The molecule has 19 heavy (non-hydrogen) atoms. The van der Waals surface area contributed by atoms with Crippen LogP contribution in [0, 0.1) is 5.41 Å². The molecule has 0 bridgehead atoms. The average Bonchev–Trinajstić information content (AvgIpc) is 3.21. The summed E-state index contributed by atoms with van der Waals surface area (Å²) in [5.74, 6) is 0. The minimum absolute atomic E-state index is 0.479. The number of hydrogen-bond donors (Lipinski definition) is 1. The lowest BCUT2D eigenvalue weighted by Crippen LogP contribution is -2.55. The van der Waals surface area contributed by atoms with E-state index < -0.39 is 0 Å². The van der Waals surface area contributed by atoms with Gasteiger partial charge in [-0.25, -0.2) is 0 Å². The molecule has 1 N–H and O–H groups in total. The van der Waals surface area contributed by atoms with Gasteiger partial charge in [-0.1, -0.05) is 13.8 Å². The minimum Gasteiger partial charge on any atom is -0.313 e. The Bertz CT molecular complexity index is 271. The first-order valence-electron chi connectivity index (χ1n) is 8.24. The third kappa shape index (κ3) is 4.17. The average molecular weight is 267 g/mol. The Kier molecular flexibility index (Phi) is 5.27. The van der Waals surface area contributed by atoms with Crippen LogP contribution in [0.2, 0.25) is 0 Å². The highest BCUT2D eigenvalue weighted by molar-refractivity contribution is 4.90. The summed E-state index contributed by atoms with van der Waals surface area (Å²) in [5, 5.41) is 3.78. The van der Waals surface area contributed by atoms with Crippen molar-refractivity contribution in [3.05, 3.63) is 0 Å². The number of nitrogens with zero attached hydrogens (tertiary/aromatic N) is 2. The van der Waals surface area contributed by atoms with E-state index in [4.69, 9.17) is 0 Å². The van der Waals surface area contributed by atoms with Gasteiger partial charge in [0, 0.05) is 44.8 Å². The molecule has 3 nitrogen and oxygen atoms in total. The van der Waals surface area contributed by atoms with Crippen molar-refractivity contribution in [2.75, 3.05) is 39.8 Å². The highest BCUT2D eigenvalue weighted by atomic mass is 15.3. The van der Waals surface area contributed by atoms with Crippen LogP contribution in [0.15, 0.2) is 0 Å². The van der Waals surface area contributed by atoms with Crippen molar-refractivity contribution >= 4 is 0 Å². The second-order valence-electron chi connectivity index (χ2n) is 6.94. The molecule has 0 aromatic heterocycles. The quantitative estimate of drug-likeness (QED) is 0.763. The van der Waals surface area contributed by atoms with E-state index in [-0.39, 0.29) is 0 Å². The molecule has 0 spiro atoms. The maximum absolute atomic E-state index is 3.78. The predicted molar refractivity (Wildman–Crippen MR) is 82.6 cm³/mol. The Hall–Kier alpha value is -0.120. The lowest BCUT2D eigenvalue weighted by Gasteiger charge is -2.44. The van der Waals surface area contributed by atoms with Crippen LogP contribution in [0.25, 0.3) is 0 Å². The Labute approximate surface area is 119 Å². The molecule has 1 unspecified atom stereocenters. The van der Waals surface area contributed by atoms with Gasteiger partial charge in [0.25, 0.3) is 0 Å². The van der Waals surface area contributed by atoms with Gasteiger partial charge < -0.3 is 10.2 Å². The first-order valence-corrected chi connectivity index (χ1v) is 8.24. The van der Waals surface area contributed by atoms with Gasteiger partial charge in [-0.05, 0) is 45.1 Å². The summed E-state index contributed by atoms with van der Waals surface area (Å²) in [7, 11) is 2.25. The molecule has 1 saturated carbocycles. The van der Waals surface area contributed by atoms with Crippen LogP contribution in [0.4, 0.5) is 0 Å². The number of piperazine rings is 1. The molecule has 2 fully saturated rings. The largest absolute Gasteiger partial charge is 0.313 e. The minimum atomic E-state index is 0.479. The third-order valence-electron chi connectivity index (χ3n) is 5.35. The topological polar surface area (TPSA) is 18.5 Å². The zero-order chi connectivity index (χ0) is 13.9. The van der Waals surface area contributed by atoms with Crippen LogP contribution in [0.3, 0.4) is 0 Å². The fraction of sp³-hybridized carbons (Fsp3) is 1.00. The van der Waals surface area contributed by atoms with Crippen LogP contribution >= 0.6 is 0 Å². The zero-order valence-electron chi connectivity index (χ0n) is 13.4. The SMILES string of the molecule is CCC(CC)(CNC1CC1)CN1CCN(C)CC1C. The molecule has 0 radical (unpaired) electrons. The van der Waals surface area contributed by atoms with Gasteiger partial charge in [0.1, 0.15) is 0 Å². The van der Waals surface area contributed by atoms with Gasteiger partial charge in [0.15, 0.2) is 0 Å². The van der Waals surface area contributed by atoms with E-state index in [1.807, 2.05) is 0 Å². The summed E-state index contributed by atoms with van der Waals surface area (Å²) in [6.45, 7) is 13.3. The highest BCUT2D eigenvalue weighted by Crippen LogP contribution is 2.30. The van der Waals surface area contributed by atoms with E-state index >= 15 is 0 Å². The van der Waals surface area contributed by atoms with E-state index in [0.717, 1.165) is 6.04 Å². The summed E-state index contributed by atoms with van der Waals surface area (Å²) in [4.78, 5) is 5.19. The van der Waals surface area contributed by atoms with E-state index in [1.165, 1.54) is 58.4 Å². The Balaban J connectivity index is 1.90. The molecule has 2 aliphatic rings. The first kappa shape index (κ1) is 15.3. The molecular weight excluding hydrogens is 234 g/mol. The van der Waals surface area contributed by atoms with Crippen LogP contribution in [0.1, 0.15) is 46.5 Å². The third-order valence-corrected chi connectivity index (χ3v) is 5.35. The number of hydrogen-bond acceptors (Lipinski definition) is 3. The van der Waals surface area contributed by atoms with Gasteiger partial charge in [0.2, 0.25) is 0 Å². The van der Waals surface area contributed by atoms with E-state index in [0.29, 0.717) is 11.5 Å². The van der Waals surface area contributed by atoms with Gasteiger partial charge in [-0.15, -0.1) is 0 Å². The van der Waals surface area contributed by atoms with Crippen molar-refractivity contribution in [3.63, 3.8) is 0 Å². The van der Waals surface area contributed by atoms with Crippen molar-refractivity contribution < 1.29 is 0 Å². The number of nitrogens with one attached hydrogen (secondary N) is 1. The normalized spacial score (nSPS) is 26.8. The molecule has 0 amide bonds. The fourth-order valence-corrected chi connectivity index (χ4v) is 3.27. The molecule has 0 aromatic rings. The van der Waals surface area contributed by atoms with Crippen molar-refractivity contribution in [1.82, 2.24) is 15.1 Å². The van der Waals surface area contributed by atoms with Crippen molar-refractivity contribution in [1.29, 1.82) is 0 Å². The number of rotatable bonds is 7. The summed E-state index contributed by atoms with van der Waals surface area (Å²) in [6, 6.07) is 1.54. The van der Waals surface area contributed by atoms with Crippen molar-refractivity contribution in [3.8, 4) is 0 Å². The Morgan fingerprint density at radius 3 is 2.37 bits per heavy atom. The van der Waals surface area contributed by atoms with E-state index in [9.17, 15) is 0 Å². The van der Waals surface area contributed by atoms with Crippen molar-refractivity contribution in [2.24, 2.45) is 5.41 Å². The molecule has 2 rings (SSSR count). The molecule has 1 heterocycles. The summed E-state index contributed by atoms with van der Waals surface area (Å²) in [6.07, 6.45) is 5.38. The second kappa shape index (κ2) is 6.55. The fourth-order valence-electron chi connectivity index (χ4n) is 3.27. The zero-order valence-corrected chi connectivity index (χ0v) is 13.4. The maximum atomic E-state index is 3.78.